The average molecular weight is 478 g/mol. The van der Waals surface area contributed by atoms with Gasteiger partial charge in [0.15, 0.2) is 0 Å². The van der Waals surface area contributed by atoms with Gasteiger partial charge in [-0.1, -0.05) is 23.2 Å². The number of carbonyl (C=O) groups excluding carboxylic acids is 3. The van der Waals surface area contributed by atoms with E-state index in [0.717, 1.165) is 6.42 Å². The van der Waals surface area contributed by atoms with E-state index in [1.807, 2.05) is 0 Å². The first-order valence-corrected chi connectivity index (χ1v) is 11.4. The third-order valence-corrected chi connectivity index (χ3v) is 6.63. The minimum atomic E-state index is -0.501. The lowest BCUT2D eigenvalue weighted by molar-refractivity contribution is -0.136. The van der Waals surface area contributed by atoms with Gasteiger partial charge in [-0.2, -0.15) is 5.10 Å². The lowest BCUT2D eigenvalue weighted by Gasteiger charge is -2.35. The number of aryl methyl sites for hydroxylation is 1. The van der Waals surface area contributed by atoms with Crippen molar-refractivity contribution in [3.05, 3.63) is 51.8 Å². The van der Waals surface area contributed by atoms with Crippen LogP contribution in [-0.4, -0.2) is 69.0 Å². The summed E-state index contributed by atoms with van der Waals surface area (Å²) >= 11 is 12.2. The van der Waals surface area contributed by atoms with Gasteiger partial charge in [0.05, 0.1) is 22.3 Å². The molecule has 3 amide bonds. The van der Waals surface area contributed by atoms with Crippen LogP contribution in [0.3, 0.4) is 0 Å². The van der Waals surface area contributed by atoms with E-state index in [0.29, 0.717) is 60.1 Å². The van der Waals surface area contributed by atoms with Gasteiger partial charge in [-0.3, -0.25) is 19.1 Å². The summed E-state index contributed by atoms with van der Waals surface area (Å²) in [6, 6.07) is 4.26. The second-order valence-electron chi connectivity index (χ2n) is 8.26. The van der Waals surface area contributed by atoms with Crippen molar-refractivity contribution in [2.24, 2.45) is 7.05 Å². The number of nitrogens with one attached hydrogen (secondary N) is 1. The van der Waals surface area contributed by atoms with E-state index in [4.69, 9.17) is 23.2 Å². The summed E-state index contributed by atoms with van der Waals surface area (Å²) in [5, 5.41) is 7.78. The van der Waals surface area contributed by atoms with Crippen LogP contribution >= 0.6 is 23.2 Å². The number of rotatable bonds is 4. The standard InChI is InChI=1S/C22H25Cl2N5O3/c1-27-13-14(12-25-27)20(30)26-16-6-9-28(10-7-16)22(32)19-3-2-8-29(19)21(31)17-11-15(23)4-5-18(17)24/h4-5,11-13,16,19H,2-3,6-10H2,1H3,(H,26,30). The van der Waals surface area contributed by atoms with E-state index in [9.17, 15) is 14.4 Å². The molecule has 0 saturated carbocycles. The van der Waals surface area contributed by atoms with Gasteiger partial charge in [-0.05, 0) is 43.9 Å². The zero-order valence-corrected chi connectivity index (χ0v) is 19.3. The van der Waals surface area contributed by atoms with Crippen LogP contribution in [0, 0.1) is 0 Å². The third-order valence-electron chi connectivity index (χ3n) is 6.07. The van der Waals surface area contributed by atoms with Gasteiger partial charge >= 0.3 is 0 Å². The van der Waals surface area contributed by atoms with Crippen LogP contribution in [0.25, 0.3) is 0 Å². The molecule has 2 aromatic rings. The van der Waals surface area contributed by atoms with Crippen LogP contribution in [0.4, 0.5) is 0 Å². The Morgan fingerprint density at radius 3 is 2.53 bits per heavy atom. The fourth-order valence-corrected chi connectivity index (χ4v) is 4.72. The molecule has 32 heavy (non-hydrogen) atoms. The summed E-state index contributed by atoms with van der Waals surface area (Å²) in [5.41, 5.74) is 0.835. The Morgan fingerprint density at radius 2 is 1.84 bits per heavy atom. The maximum Gasteiger partial charge on any atom is 0.256 e. The summed E-state index contributed by atoms with van der Waals surface area (Å²) in [7, 11) is 1.76. The van der Waals surface area contributed by atoms with E-state index >= 15 is 0 Å². The van der Waals surface area contributed by atoms with Gasteiger partial charge in [0.25, 0.3) is 11.8 Å². The second-order valence-corrected chi connectivity index (χ2v) is 9.10. The fraction of sp³-hybridized carbons (Fsp3) is 0.455. The van der Waals surface area contributed by atoms with Crippen molar-refractivity contribution in [3.8, 4) is 0 Å². The molecule has 0 spiro atoms. The van der Waals surface area contributed by atoms with E-state index in [2.05, 4.69) is 10.4 Å². The van der Waals surface area contributed by atoms with Crippen molar-refractivity contribution in [3.63, 3.8) is 0 Å². The molecule has 0 aliphatic carbocycles. The first-order valence-electron chi connectivity index (χ1n) is 10.7. The van der Waals surface area contributed by atoms with E-state index in [-0.39, 0.29) is 23.8 Å². The molecule has 3 heterocycles. The number of carbonyl (C=O) groups is 3. The first-order chi connectivity index (χ1) is 15.3. The van der Waals surface area contributed by atoms with Crippen LogP contribution in [0.15, 0.2) is 30.6 Å². The number of piperidine rings is 1. The number of hydrogen-bond donors (Lipinski definition) is 1. The summed E-state index contributed by atoms with van der Waals surface area (Å²) in [5.74, 6) is -0.480. The number of hydrogen-bond acceptors (Lipinski definition) is 4. The molecule has 4 rings (SSSR count). The zero-order valence-electron chi connectivity index (χ0n) is 17.8. The number of benzene rings is 1. The van der Waals surface area contributed by atoms with Gasteiger partial charge < -0.3 is 15.1 Å². The maximum atomic E-state index is 13.2. The highest BCUT2D eigenvalue weighted by Crippen LogP contribution is 2.27. The Hall–Kier alpha value is -2.58. The van der Waals surface area contributed by atoms with Crippen molar-refractivity contribution < 1.29 is 14.4 Å². The van der Waals surface area contributed by atoms with E-state index in [1.54, 1.807) is 45.9 Å². The third kappa shape index (κ3) is 4.76. The molecule has 2 fully saturated rings. The van der Waals surface area contributed by atoms with Crippen molar-refractivity contribution in [1.82, 2.24) is 24.9 Å². The molecule has 1 aromatic carbocycles. The molecule has 0 bridgehead atoms. The minimum Gasteiger partial charge on any atom is -0.349 e. The molecule has 1 unspecified atom stereocenters. The molecule has 2 aliphatic rings. The number of amides is 3. The number of halogens is 2. The highest BCUT2D eigenvalue weighted by Gasteiger charge is 2.38. The lowest BCUT2D eigenvalue weighted by Crippen LogP contribution is -2.52. The fourth-order valence-electron chi connectivity index (χ4n) is 4.34. The Bertz CT molecular complexity index is 1030. The second kappa shape index (κ2) is 9.50. The minimum absolute atomic E-state index is 0.00154. The van der Waals surface area contributed by atoms with Crippen LogP contribution in [0.2, 0.25) is 10.0 Å². The van der Waals surface area contributed by atoms with Crippen LogP contribution in [0.1, 0.15) is 46.4 Å². The van der Waals surface area contributed by atoms with Gasteiger partial charge in [0.1, 0.15) is 6.04 Å². The predicted molar refractivity (Wildman–Crippen MR) is 121 cm³/mol. The van der Waals surface area contributed by atoms with Gasteiger partial charge in [-0.25, -0.2) is 0 Å². The quantitative estimate of drug-likeness (QED) is 0.732. The summed E-state index contributed by atoms with van der Waals surface area (Å²) in [4.78, 5) is 42.1. The molecular formula is C22H25Cl2N5O3. The normalized spacial score (nSPS) is 19.3. The number of nitrogens with zero attached hydrogens (tertiary/aromatic N) is 4. The molecule has 0 radical (unpaired) electrons. The van der Waals surface area contributed by atoms with Gasteiger partial charge in [0.2, 0.25) is 5.91 Å². The topological polar surface area (TPSA) is 87.5 Å². The molecule has 2 saturated heterocycles. The molecule has 1 aromatic heterocycles. The van der Waals surface area contributed by atoms with E-state index < -0.39 is 6.04 Å². The first kappa shape index (κ1) is 22.6. The van der Waals surface area contributed by atoms with Crippen molar-refractivity contribution in [2.75, 3.05) is 19.6 Å². The molecule has 8 nitrogen and oxygen atoms in total. The van der Waals surface area contributed by atoms with Crippen LogP contribution < -0.4 is 5.32 Å². The summed E-state index contributed by atoms with van der Waals surface area (Å²) < 4.78 is 1.58. The monoisotopic (exact) mass is 477 g/mol. The van der Waals surface area contributed by atoms with Crippen molar-refractivity contribution in [1.29, 1.82) is 0 Å². The SMILES string of the molecule is Cn1cc(C(=O)NC2CCN(C(=O)C3CCCN3C(=O)c3cc(Cl)ccc3Cl)CC2)cn1. The maximum absolute atomic E-state index is 13.2. The van der Waals surface area contributed by atoms with Crippen molar-refractivity contribution >= 4 is 40.9 Å². The Balaban J connectivity index is 1.35. The number of likely N-dealkylation sites (tertiary alicyclic amines) is 2. The summed E-state index contributed by atoms with van der Waals surface area (Å²) in [6.07, 6.45) is 5.92. The van der Waals surface area contributed by atoms with Crippen LogP contribution in [-0.2, 0) is 11.8 Å². The lowest BCUT2D eigenvalue weighted by atomic mass is 10.0. The molecular weight excluding hydrogens is 453 g/mol. The van der Waals surface area contributed by atoms with Gasteiger partial charge in [-0.15, -0.1) is 0 Å². The van der Waals surface area contributed by atoms with Gasteiger partial charge in [0, 0.05) is 43.9 Å². The molecule has 1 N–H and O–H groups in total. The Kier molecular flexibility index (Phi) is 6.71. The van der Waals surface area contributed by atoms with Crippen LogP contribution in [0.5, 0.6) is 0 Å². The predicted octanol–water partition coefficient (Wildman–Crippen LogP) is 2.75. The zero-order chi connectivity index (χ0) is 22.8. The number of aromatic nitrogens is 2. The Morgan fingerprint density at radius 1 is 1.09 bits per heavy atom. The highest BCUT2D eigenvalue weighted by molar-refractivity contribution is 6.35. The largest absolute Gasteiger partial charge is 0.349 e. The molecule has 2 aliphatic heterocycles. The average Bonchev–Trinajstić information content (AvgIpc) is 3.44. The molecule has 170 valence electrons. The molecule has 1 atom stereocenters. The van der Waals surface area contributed by atoms with Crippen molar-refractivity contribution in [2.45, 2.75) is 37.8 Å². The summed E-state index contributed by atoms with van der Waals surface area (Å²) in [6.45, 7) is 1.58. The molecule has 10 heteroatoms. The highest BCUT2D eigenvalue weighted by atomic mass is 35.5. The smallest absolute Gasteiger partial charge is 0.256 e. The van der Waals surface area contributed by atoms with E-state index in [1.165, 1.54) is 6.20 Å². The Labute approximate surface area is 196 Å².